The molecular weight excluding hydrogens is 312 g/mol. The van der Waals surface area contributed by atoms with Crippen LogP contribution in [0.5, 0.6) is 5.75 Å². The number of aromatic nitrogens is 2. The van der Waals surface area contributed by atoms with Crippen molar-refractivity contribution in [1.29, 1.82) is 0 Å². The Kier molecular flexibility index (Phi) is 4.24. The second-order valence-corrected chi connectivity index (χ2v) is 6.33. The third-order valence-electron chi connectivity index (χ3n) is 4.71. The van der Waals surface area contributed by atoms with Crippen molar-refractivity contribution in [3.8, 4) is 17.1 Å². The highest BCUT2D eigenvalue weighted by Crippen LogP contribution is 2.32. The van der Waals surface area contributed by atoms with Crippen LogP contribution in [0.1, 0.15) is 12.5 Å². The summed E-state index contributed by atoms with van der Waals surface area (Å²) >= 11 is 0. The third kappa shape index (κ3) is 3.03. The van der Waals surface area contributed by atoms with Crippen molar-refractivity contribution in [2.75, 3.05) is 31.1 Å². The van der Waals surface area contributed by atoms with Crippen molar-refractivity contribution in [1.82, 2.24) is 15.3 Å². The lowest BCUT2D eigenvalue weighted by molar-refractivity contribution is 0.477. The topological polar surface area (TPSA) is 61.3 Å². The van der Waals surface area contributed by atoms with Crippen LogP contribution >= 0.6 is 0 Å². The summed E-state index contributed by atoms with van der Waals surface area (Å²) in [6.07, 6.45) is 0.967. The Hall–Kier alpha value is -2.66. The van der Waals surface area contributed by atoms with Gasteiger partial charge in [0.25, 0.3) is 0 Å². The molecule has 2 aromatic carbocycles. The highest BCUT2D eigenvalue weighted by atomic mass is 16.3. The van der Waals surface area contributed by atoms with Crippen LogP contribution in [0.3, 0.4) is 0 Å². The number of nitrogens with zero attached hydrogens (tertiary/aromatic N) is 3. The Morgan fingerprint density at radius 1 is 1.08 bits per heavy atom. The van der Waals surface area contributed by atoms with E-state index >= 15 is 0 Å². The van der Waals surface area contributed by atoms with Crippen LogP contribution in [0.2, 0.25) is 0 Å². The molecule has 4 rings (SSSR count). The summed E-state index contributed by atoms with van der Waals surface area (Å²) in [6.45, 7) is 5.88. The number of aromatic hydroxyl groups is 1. The second kappa shape index (κ2) is 6.69. The van der Waals surface area contributed by atoms with E-state index in [0.29, 0.717) is 11.4 Å². The van der Waals surface area contributed by atoms with Crippen molar-refractivity contribution in [3.63, 3.8) is 0 Å². The number of anilines is 1. The number of hydrogen-bond donors (Lipinski definition) is 2. The number of aryl methyl sites for hydroxylation is 1. The number of hydrogen-bond acceptors (Lipinski definition) is 5. The molecule has 0 radical (unpaired) electrons. The van der Waals surface area contributed by atoms with Crippen molar-refractivity contribution >= 4 is 16.7 Å². The van der Waals surface area contributed by atoms with E-state index in [2.05, 4.69) is 35.3 Å². The first-order valence-electron chi connectivity index (χ1n) is 8.81. The molecule has 0 aliphatic carbocycles. The molecule has 0 atom stereocenters. The largest absolute Gasteiger partial charge is 0.507 e. The fraction of sp³-hybridized carbons (Fsp3) is 0.300. The summed E-state index contributed by atoms with van der Waals surface area (Å²) in [5.74, 6) is 1.74. The number of phenolic OH excluding ortho intramolecular Hbond substituents is 1. The minimum Gasteiger partial charge on any atom is -0.507 e. The van der Waals surface area contributed by atoms with Crippen LogP contribution in [0.4, 0.5) is 5.82 Å². The number of rotatable bonds is 3. The lowest BCUT2D eigenvalue weighted by Gasteiger charge is -2.29. The van der Waals surface area contributed by atoms with Gasteiger partial charge in [-0.3, -0.25) is 0 Å². The maximum absolute atomic E-state index is 10.2. The zero-order valence-corrected chi connectivity index (χ0v) is 14.4. The summed E-state index contributed by atoms with van der Waals surface area (Å²) in [4.78, 5) is 11.9. The lowest BCUT2D eigenvalue weighted by Crippen LogP contribution is -2.44. The summed E-state index contributed by atoms with van der Waals surface area (Å²) in [5.41, 5.74) is 2.85. The lowest BCUT2D eigenvalue weighted by atomic mass is 10.1. The number of fused-ring (bicyclic) bond motifs is 1. The van der Waals surface area contributed by atoms with Gasteiger partial charge in [-0.05, 0) is 36.2 Å². The molecule has 0 saturated carbocycles. The van der Waals surface area contributed by atoms with Crippen molar-refractivity contribution in [2.45, 2.75) is 13.3 Å². The van der Waals surface area contributed by atoms with Gasteiger partial charge in [-0.1, -0.05) is 25.1 Å². The molecule has 5 heteroatoms. The molecule has 1 saturated heterocycles. The zero-order chi connectivity index (χ0) is 17.2. The first-order valence-corrected chi connectivity index (χ1v) is 8.81. The van der Waals surface area contributed by atoms with E-state index in [9.17, 15) is 5.11 Å². The van der Waals surface area contributed by atoms with Gasteiger partial charge in [-0.15, -0.1) is 0 Å². The summed E-state index contributed by atoms with van der Waals surface area (Å²) in [5, 5.41) is 14.7. The zero-order valence-electron chi connectivity index (χ0n) is 14.4. The molecule has 0 bridgehead atoms. The van der Waals surface area contributed by atoms with Gasteiger partial charge < -0.3 is 15.3 Å². The molecule has 3 aromatic rings. The Labute approximate surface area is 147 Å². The predicted octanol–water partition coefficient (Wildman–Crippen LogP) is 2.97. The molecular formula is C20H22N4O. The van der Waals surface area contributed by atoms with E-state index in [0.717, 1.165) is 49.3 Å². The molecule has 0 unspecified atom stereocenters. The second-order valence-electron chi connectivity index (χ2n) is 6.33. The van der Waals surface area contributed by atoms with Crippen molar-refractivity contribution < 1.29 is 5.11 Å². The molecule has 2 N–H and O–H groups in total. The molecule has 1 fully saturated rings. The SMILES string of the molecule is CCc1ccc2c(N3CCNCC3)nc(-c3ccccc3O)nc2c1. The molecule has 25 heavy (non-hydrogen) atoms. The highest BCUT2D eigenvalue weighted by molar-refractivity contribution is 5.92. The Morgan fingerprint density at radius 2 is 1.88 bits per heavy atom. The van der Waals surface area contributed by atoms with Gasteiger partial charge in [0.05, 0.1) is 11.1 Å². The van der Waals surface area contributed by atoms with Gasteiger partial charge in [0.2, 0.25) is 0 Å². The van der Waals surface area contributed by atoms with Gasteiger partial charge in [0.1, 0.15) is 11.6 Å². The van der Waals surface area contributed by atoms with Crippen LogP contribution in [-0.4, -0.2) is 41.3 Å². The van der Waals surface area contributed by atoms with Crippen LogP contribution in [0.15, 0.2) is 42.5 Å². The van der Waals surface area contributed by atoms with E-state index in [4.69, 9.17) is 9.97 Å². The maximum Gasteiger partial charge on any atom is 0.165 e. The van der Waals surface area contributed by atoms with Gasteiger partial charge in [-0.2, -0.15) is 0 Å². The molecule has 128 valence electrons. The normalized spacial score (nSPS) is 14.8. The van der Waals surface area contributed by atoms with Crippen LogP contribution in [0.25, 0.3) is 22.3 Å². The first-order chi connectivity index (χ1) is 12.3. The van der Waals surface area contributed by atoms with Gasteiger partial charge in [0, 0.05) is 31.6 Å². The van der Waals surface area contributed by atoms with E-state index in [1.807, 2.05) is 18.2 Å². The maximum atomic E-state index is 10.2. The van der Waals surface area contributed by atoms with Crippen LogP contribution in [0, 0.1) is 0 Å². The smallest absolute Gasteiger partial charge is 0.165 e. The molecule has 0 amide bonds. The molecule has 1 aliphatic rings. The molecule has 5 nitrogen and oxygen atoms in total. The fourth-order valence-electron chi connectivity index (χ4n) is 3.28. The van der Waals surface area contributed by atoms with E-state index in [-0.39, 0.29) is 5.75 Å². The monoisotopic (exact) mass is 334 g/mol. The van der Waals surface area contributed by atoms with Crippen LogP contribution < -0.4 is 10.2 Å². The third-order valence-corrected chi connectivity index (χ3v) is 4.71. The highest BCUT2D eigenvalue weighted by Gasteiger charge is 2.18. The van der Waals surface area contributed by atoms with Gasteiger partial charge in [0.15, 0.2) is 5.82 Å². The molecule has 0 spiro atoms. The summed E-state index contributed by atoms with van der Waals surface area (Å²) < 4.78 is 0. The van der Waals surface area contributed by atoms with E-state index < -0.39 is 0 Å². The minimum absolute atomic E-state index is 0.208. The van der Waals surface area contributed by atoms with Crippen LogP contribution in [-0.2, 0) is 6.42 Å². The van der Waals surface area contributed by atoms with Gasteiger partial charge >= 0.3 is 0 Å². The van der Waals surface area contributed by atoms with E-state index in [1.54, 1.807) is 6.07 Å². The summed E-state index contributed by atoms with van der Waals surface area (Å²) in [7, 11) is 0. The Morgan fingerprint density at radius 3 is 2.64 bits per heavy atom. The predicted molar refractivity (Wildman–Crippen MR) is 101 cm³/mol. The van der Waals surface area contributed by atoms with Gasteiger partial charge in [-0.25, -0.2) is 9.97 Å². The number of para-hydroxylation sites is 1. The average Bonchev–Trinajstić information content (AvgIpc) is 2.67. The van der Waals surface area contributed by atoms with Crippen molar-refractivity contribution in [3.05, 3.63) is 48.0 Å². The minimum atomic E-state index is 0.208. The quantitative estimate of drug-likeness (QED) is 0.771. The molecule has 1 aromatic heterocycles. The average molecular weight is 334 g/mol. The van der Waals surface area contributed by atoms with E-state index in [1.165, 1.54) is 5.56 Å². The number of nitrogens with one attached hydrogen (secondary N) is 1. The first kappa shape index (κ1) is 15.8. The fourth-order valence-corrected chi connectivity index (χ4v) is 3.28. The number of phenols is 1. The van der Waals surface area contributed by atoms with Crippen molar-refractivity contribution in [2.24, 2.45) is 0 Å². The molecule has 1 aliphatic heterocycles. The summed E-state index contributed by atoms with van der Waals surface area (Å²) in [6, 6.07) is 13.7. The Bertz CT molecular complexity index is 903. The Balaban J connectivity index is 1.93. The number of benzene rings is 2. The molecule has 2 heterocycles. The number of piperazine rings is 1. The standard InChI is InChI=1S/C20H22N4O/c1-2-14-7-8-15-17(13-14)22-19(16-5-3-4-6-18(16)25)23-20(15)24-11-9-21-10-12-24/h3-8,13,21,25H,2,9-12H2,1H3.